The van der Waals surface area contributed by atoms with Crippen molar-refractivity contribution >= 4 is 11.9 Å². The molecule has 1 aliphatic heterocycles. The summed E-state index contributed by atoms with van der Waals surface area (Å²) in [6.07, 6.45) is 4.58. The fourth-order valence-corrected chi connectivity index (χ4v) is 3.08. The van der Waals surface area contributed by atoms with Gasteiger partial charge in [0.25, 0.3) is 5.91 Å². The molecule has 2 aromatic rings. The molecule has 0 aliphatic carbocycles. The summed E-state index contributed by atoms with van der Waals surface area (Å²) in [7, 11) is 1.66. The zero-order valence-corrected chi connectivity index (χ0v) is 15.4. The van der Waals surface area contributed by atoms with Gasteiger partial charge in [-0.1, -0.05) is 19.1 Å². The Bertz CT molecular complexity index is 742. The molecule has 1 saturated heterocycles. The fraction of sp³-hybridized carbons (Fsp3) is 0.450. The zero-order valence-electron chi connectivity index (χ0n) is 15.4. The van der Waals surface area contributed by atoms with E-state index in [1.165, 1.54) is 5.56 Å². The van der Waals surface area contributed by atoms with Crippen LogP contribution in [-0.4, -0.2) is 47.5 Å². The Labute approximate surface area is 154 Å². The first-order valence-corrected chi connectivity index (χ1v) is 9.15. The van der Waals surface area contributed by atoms with Crippen LogP contribution in [0.15, 0.2) is 36.5 Å². The van der Waals surface area contributed by atoms with E-state index < -0.39 is 0 Å². The van der Waals surface area contributed by atoms with Crippen molar-refractivity contribution < 1.29 is 9.53 Å². The molecule has 0 saturated carbocycles. The van der Waals surface area contributed by atoms with Crippen LogP contribution < -0.4 is 10.1 Å². The molecule has 0 bridgehead atoms. The number of rotatable bonds is 6. The van der Waals surface area contributed by atoms with Crippen molar-refractivity contribution in [3.05, 3.63) is 47.8 Å². The smallest absolute Gasteiger partial charge is 0.272 e. The van der Waals surface area contributed by atoms with E-state index in [2.05, 4.69) is 28.3 Å². The Morgan fingerprint density at radius 3 is 2.88 bits per heavy atom. The lowest BCUT2D eigenvalue weighted by molar-refractivity contribution is 0.0691. The van der Waals surface area contributed by atoms with Gasteiger partial charge in [0.2, 0.25) is 5.95 Å². The van der Waals surface area contributed by atoms with Crippen molar-refractivity contribution in [2.24, 2.45) is 5.92 Å². The van der Waals surface area contributed by atoms with Crippen LogP contribution in [0, 0.1) is 5.92 Å². The molecule has 1 N–H and O–H groups in total. The standard InChI is InChI=1S/C20H26N4O2/c1-15-8-12-24(13-9-15)19(25)18-7-11-22-20(23-18)21-10-6-16-4-3-5-17(14-16)26-2/h3-5,7,11,14-15H,6,8-10,12-13H2,1-2H3,(H,21,22,23). The van der Waals surface area contributed by atoms with Gasteiger partial charge in [0.15, 0.2) is 0 Å². The molecule has 1 aliphatic rings. The van der Waals surface area contributed by atoms with Gasteiger partial charge < -0.3 is 15.0 Å². The monoisotopic (exact) mass is 354 g/mol. The SMILES string of the molecule is COc1cccc(CCNc2nccc(C(=O)N3CCC(C)CC3)n2)c1. The lowest BCUT2D eigenvalue weighted by Gasteiger charge is -2.30. The van der Waals surface area contributed by atoms with E-state index in [9.17, 15) is 4.79 Å². The molecule has 1 fully saturated rings. The third kappa shape index (κ3) is 4.71. The van der Waals surface area contributed by atoms with Crippen molar-refractivity contribution in [3.63, 3.8) is 0 Å². The number of aromatic nitrogens is 2. The second-order valence-corrected chi connectivity index (χ2v) is 6.77. The molecular weight excluding hydrogens is 328 g/mol. The highest BCUT2D eigenvalue weighted by atomic mass is 16.5. The minimum absolute atomic E-state index is 0.00449. The largest absolute Gasteiger partial charge is 0.497 e. The van der Waals surface area contributed by atoms with Gasteiger partial charge in [-0.3, -0.25) is 4.79 Å². The average molecular weight is 354 g/mol. The van der Waals surface area contributed by atoms with Crippen LogP contribution in [0.2, 0.25) is 0 Å². The highest BCUT2D eigenvalue weighted by molar-refractivity contribution is 5.92. The van der Waals surface area contributed by atoms with Crippen LogP contribution in [0.1, 0.15) is 35.8 Å². The first-order chi connectivity index (χ1) is 12.7. The summed E-state index contributed by atoms with van der Waals surface area (Å²) in [6, 6.07) is 9.66. The molecule has 3 rings (SSSR count). The predicted molar refractivity (Wildman–Crippen MR) is 102 cm³/mol. The van der Waals surface area contributed by atoms with Gasteiger partial charge in [0.05, 0.1) is 7.11 Å². The summed E-state index contributed by atoms with van der Waals surface area (Å²) in [4.78, 5) is 23.1. The maximum absolute atomic E-state index is 12.6. The summed E-state index contributed by atoms with van der Waals surface area (Å²) in [6.45, 7) is 4.54. The first-order valence-electron chi connectivity index (χ1n) is 9.15. The number of likely N-dealkylation sites (tertiary alicyclic amines) is 1. The van der Waals surface area contributed by atoms with Crippen LogP contribution >= 0.6 is 0 Å². The number of nitrogens with one attached hydrogen (secondary N) is 1. The number of carbonyl (C=O) groups excluding carboxylic acids is 1. The van der Waals surface area contributed by atoms with E-state index in [-0.39, 0.29) is 5.91 Å². The number of anilines is 1. The number of methoxy groups -OCH3 is 1. The van der Waals surface area contributed by atoms with Gasteiger partial charge >= 0.3 is 0 Å². The van der Waals surface area contributed by atoms with Crippen molar-refractivity contribution in [1.82, 2.24) is 14.9 Å². The summed E-state index contributed by atoms with van der Waals surface area (Å²) >= 11 is 0. The zero-order chi connectivity index (χ0) is 18.4. The lowest BCUT2D eigenvalue weighted by Crippen LogP contribution is -2.38. The Hall–Kier alpha value is -2.63. The van der Waals surface area contributed by atoms with Crippen LogP contribution in [0.3, 0.4) is 0 Å². The van der Waals surface area contributed by atoms with E-state index >= 15 is 0 Å². The number of carbonyl (C=O) groups is 1. The highest BCUT2D eigenvalue weighted by Gasteiger charge is 2.22. The molecule has 6 nitrogen and oxygen atoms in total. The Morgan fingerprint density at radius 1 is 1.31 bits per heavy atom. The number of amides is 1. The molecule has 0 atom stereocenters. The summed E-state index contributed by atoms with van der Waals surface area (Å²) < 4.78 is 5.24. The molecule has 1 aromatic heterocycles. The number of benzene rings is 1. The summed E-state index contributed by atoms with van der Waals surface area (Å²) in [5.74, 6) is 2.03. The van der Waals surface area contributed by atoms with Crippen molar-refractivity contribution in [3.8, 4) is 5.75 Å². The predicted octanol–water partition coefficient (Wildman–Crippen LogP) is 3.01. The third-order valence-electron chi connectivity index (χ3n) is 4.78. The molecule has 138 valence electrons. The number of hydrogen-bond acceptors (Lipinski definition) is 5. The number of ether oxygens (including phenoxy) is 1. The van der Waals surface area contributed by atoms with Crippen molar-refractivity contribution in [2.75, 3.05) is 32.1 Å². The maximum Gasteiger partial charge on any atom is 0.272 e. The number of hydrogen-bond donors (Lipinski definition) is 1. The molecular formula is C20H26N4O2. The van der Waals surface area contributed by atoms with Crippen molar-refractivity contribution in [2.45, 2.75) is 26.2 Å². The van der Waals surface area contributed by atoms with E-state index in [1.807, 2.05) is 23.1 Å². The molecule has 0 radical (unpaired) electrons. The van der Waals surface area contributed by atoms with Gasteiger partial charge in [-0.25, -0.2) is 9.97 Å². The Kier molecular flexibility index (Phi) is 6.04. The maximum atomic E-state index is 12.6. The van der Waals surface area contributed by atoms with E-state index in [0.29, 0.717) is 24.1 Å². The fourth-order valence-electron chi connectivity index (χ4n) is 3.08. The Balaban J connectivity index is 1.56. The van der Waals surface area contributed by atoms with Crippen molar-refractivity contribution in [1.29, 1.82) is 0 Å². The molecule has 1 amide bonds. The summed E-state index contributed by atoms with van der Waals surface area (Å²) in [5, 5.41) is 3.20. The van der Waals surface area contributed by atoms with E-state index in [1.54, 1.807) is 19.4 Å². The normalized spacial score (nSPS) is 14.9. The molecule has 6 heteroatoms. The quantitative estimate of drug-likeness (QED) is 0.864. The average Bonchev–Trinajstić information content (AvgIpc) is 2.68. The molecule has 26 heavy (non-hydrogen) atoms. The Morgan fingerprint density at radius 2 is 2.12 bits per heavy atom. The second-order valence-electron chi connectivity index (χ2n) is 6.77. The summed E-state index contributed by atoms with van der Waals surface area (Å²) in [5.41, 5.74) is 1.63. The van der Waals surface area contributed by atoms with Gasteiger partial charge in [0.1, 0.15) is 11.4 Å². The van der Waals surface area contributed by atoms with Crippen LogP contribution in [-0.2, 0) is 6.42 Å². The van der Waals surface area contributed by atoms with Gasteiger partial charge in [-0.2, -0.15) is 0 Å². The lowest BCUT2D eigenvalue weighted by atomic mass is 9.99. The molecule has 0 spiro atoms. The van der Waals surface area contributed by atoms with Crippen LogP contribution in [0.25, 0.3) is 0 Å². The first kappa shape index (κ1) is 18.2. The number of piperidine rings is 1. The van der Waals surface area contributed by atoms with Crippen LogP contribution in [0.5, 0.6) is 5.75 Å². The molecule has 1 aromatic carbocycles. The minimum atomic E-state index is -0.00449. The van der Waals surface area contributed by atoms with Gasteiger partial charge in [-0.15, -0.1) is 0 Å². The van der Waals surface area contributed by atoms with E-state index in [0.717, 1.165) is 38.1 Å². The van der Waals surface area contributed by atoms with Crippen LogP contribution in [0.4, 0.5) is 5.95 Å². The number of nitrogens with zero attached hydrogens (tertiary/aromatic N) is 3. The minimum Gasteiger partial charge on any atom is -0.497 e. The highest BCUT2D eigenvalue weighted by Crippen LogP contribution is 2.18. The van der Waals surface area contributed by atoms with E-state index in [4.69, 9.17) is 4.74 Å². The van der Waals surface area contributed by atoms with Gasteiger partial charge in [0, 0.05) is 25.8 Å². The topological polar surface area (TPSA) is 67.3 Å². The second kappa shape index (κ2) is 8.65. The van der Waals surface area contributed by atoms with Gasteiger partial charge in [-0.05, 0) is 48.9 Å². The third-order valence-corrected chi connectivity index (χ3v) is 4.78. The molecule has 2 heterocycles. The molecule has 0 unspecified atom stereocenters.